The molecule has 1 amide bonds. The van der Waals surface area contributed by atoms with Gasteiger partial charge < -0.3 is 16.0 Å². The monoisotopic (exact) mass is 243 g/mol. The number of rotatable bonds is 3. The molecule has 1 heterocycles. The van der Waals surface area contributed by atoms with Crippen LogP contribution in [0.5, 0.6) is 0 Å². The predicted molar refractivity (Wildman–Crippen MR) is 69.3 cm³/mol. The number of pyridine rings is 1. The minimum absolute atomic E-state index is 0.0793. The number of anilines is 1. The van der Waals surface area contributed by atoms with Gasteiger partial charge in [-0.3, -0.25) is 9.59 Å². The van der Waals surface area contributed by atoms with E-state index in [1.54, 1.807) is 18.2 Å². The summed E-state index contributed by atoms with van der Waals surface area (Å²) in [6.07, 6.45) is 2.86. The molecule has 0 unspecified atom stereocenters. The molecule has 92 valence electrons. The van der Waals surface area contributed by atoms with Crippen LogP contribution in [0.15, 0.2) is 47.5 Å². The van der Waals surface area contributed by atoms with Crippen LogP contribution < -0.4 is 16.5 Å². The molecule has 1 aromatic carbocycles. The van der Waals surface area contributed by atoms with E-state index in [0.717, 1.165) is 5.56 Å². The van der Waals surface area contributed by atoms with Gasteiger partial charge >= 0.3 is 0 Å². The summed E-state index contributed by atoms with van der Waals surface area (Å²) >= 11 is 0. The maximum Gasteiger partial charge on any atom is 0.261 e. The highest BCUT2D eigenvalue weighted by Crippen LogP contribution is 2.10. The molecule has 2 aromatic rings. The normalized spacial score (nSPS) is 10.1. The SMILES string of the molecule is NCc1cccc(NC(=O)c2c[nH]ccc2=O)c1. The van der Waals surface area contributed by atoms with Crippen molar-refractivity contribution in [3.63, 3.8) is 0 Å². The maximum absolute atomic E-state index is 11.9. The van der Waals surface area contributed by atoms with E-state index in [1.165, 1.54) is 18.5 Å². The van der Waals surface area contributed by atoms with Crippen LogP contribution in [0.4, 0.5) is 5.69 Å². The fourth-order valence-electron chi connectivity index (χ4n) is 1.57. The van der Waals surface area contributed by atoms with Gasteiger partial charge in [0, 0.05) is 30.7 Å². The Kier molecular flexibility index (Phi) is 3.54. The van der Waals surface area contributed by atoms with Gasteiger partial charge in [-0.25, -0.2) is 0 Å². The Balaban J connectivity index is 2.21. The quantitative estimate of drug-likeness (QED) is 0.753. The van der Waals surface area contributed by atoms with Crippen molar-refractivity contribution in [2.24, 2.45) is 5.73 Å². The van der Waals surface area contributed by atoms with E-state index < -0.39 is 5.91 Å². The Labute approximate surface area is 104 Å². The minimum atomic E-state index is -0.439. The fraction of sp³-hybridized carbons (Fsp3) is 0.0769. The van der Waals surface area contributed by atoms with Crippen LogP contribution in [0.3, 0.4) is 0 Å². The Hall–Kier alpha value is -2.40. The number of aromatic nitrogens is 1. The summed E-state index contributed by atoms with van der Waals surface area (Å²) < 4.78 is 0. The van der Waals surface area contributed by atoms with Gasteiger partial charge in [-0.1, -0.05) is 12.1 Å². The lowest BCUT2D eigenvalue weighted by Crippen LogP contribution is -2.20. The average molecular weight is 243 g/mol. The molecule has 5 nitrogen and oxygen atoms in total. The van der Waals surface area contributed by atoms with Gasteiger partial charge in [-0.05, 0) is 17.7 Å². The molecule has 0 radical (unpaired) electrons. The summed E-state index contributed by atoms with van der Waals surface area (Å²) in [4.78, 5) is 26.1. The van der Waals surface area contributed by atoms with Crippen LogP contribution in [0.1, 0.15) is 15.9 Å². The summed E-state index contributed by atoms with van der Waals surface area (Å²) in [7, 11) is 0. The molecule has 0 saturated heterocycles. The van der Waals surface area contributed by atoms with Gasteiger partial charge in [-0.2, -0.15) is 0 Å². The molecule has 18 heavy (non-hydrogen) atoms. The second kappa shape index (κ2) is 5.29. The number of hydrogen-bond acceptors (Lipinski definition) is 3. The number of benzene rings is 1. The van der Waals surface area contributed by atoms with Gasteiger partial charge in [-0.15, -0.1) is 0 Å². The van der Waals surface area contributed by atoms with E-state index in [-0.39, 0.29) is 11.0 Å². The van der Waals surface area contributed by atoms with Crippen LogP contribution in [-0.4, -0.2) is 10.9 Å². The molecule has 5 heteroatoms. The number of carbonyl (C=O) groups is 1. The first-order valence-electron chi connectivity index (χ1n) is 5.48. The van der Waals surface area contributed by atoms with Crippen molar-refractivity contribution in [2.45, 2.75) is 6.54 Å². The third-order valence-corrected chi connectivity index (χ3v) is 2.49. The van der Waals surface area contributed by atoms with E-state index in [2.05, 4.69) is 10.3 Å². The van der Waals surface area contributed by atoms with Crippen LogP contribution >= 0.6 is 0 Å². The van der Waals surface area contributed by atoms with Crippen molar-refractivity contribution < 1.29 is 4.79 Å². The zero-order chi connectivity index (χ0) is 13.0. The van der Waals surface area contributed by atoms with Crippen molar-refractivity contribution in [1.82, 2.24) is 4.98 Å². The van der Waals surface area contributed by atoms with Gasteiger partial charge in [0.05, 0.1) is 0 Å². The topological polar surface area (TPSA) is 88.0 Å². The van der Waals surface area contributed by atoms with Crippen molar-refractivity contribution in [1.29, 1.82) is 0 Å². The lowest BCUT2D eigenvalue weighted by Gasteiger charge is -2.06. The standard InChI is InChI=1S/C13H13N3O2/c14-7-9-2-1-3-10(6-9)16-13(18)11-8-15-5-4-12(11)17/h1-6,8H,7,14H2,(H,15,17)(H,16,18). The largest absolute Gasteiger partial charge is 0.367 e. The van der Waals surface area contributed by atoms with Crippen LogP contribution in [-0.2, 0) is 6.54 Å². The predicted octanol–water partition coefficient (Wildman–Crippen LogP) is 1.09. The lowest BCUT2D eigenvalue weighted by atomic mass is 10.2. The molecular weight excluding hydrogens is 230 g/mol. The van der Waals surface area contributed by atoms with E-state index >= 15 is 0 Å². The summed E-state index contributed by atoms with van der Waals surface area (Å²) in [5.41, 5.74) is 6.81. The Morgan fingerprint density at radius 2 is 2.17 bits per heavy atom. The highest BCUT2D eigenvalue weighted by atomic mass is 16.2. The number of H-pyrrole nitrogens is 1. The molecule has 2 rings (SSSR count). The molecule has 1 aromatic heterocycles. The zero-order valence-electron chi connectivity index (χ0n) is 9.64. The minimum Gasteiger partial charge on any atom is -0.367 e. The molecule has 0 atom stereocenters. The first-order chi connectivity index (χ1) is 8.70. The summed E-state index contributed by atoms with van der Waals surface area (Å²) in [5, 5.41) is 2.66. The number of nitrogens with two attached hydrogens (primary N) is 1. The number of carbonyl (C=O) groups excluding carboxylic acids is 1. The molecule has 0 aliphatic carbocycles. The molecule has 0 aliphatic rings. The van der Waals surface area contributed by atoms with Gasteiger partial charge in [0.2, 0.25) is 0 Å². The second-order valence-electron chi connectivity index (χ2n) is 3.78. The van der Waals surface area contributed by atoms with Crippen LogP contribution in [0.25, 0.3) is 0 Å². The molecule has 0 fully saturated rings. The Morgan fingerprint density at radius 3 is 2.89 bits per heavy atom. The van der Waals surface area contributed by atoms with Crippen molar-refractivity contribution in [2.75, 3.05) is 5.32 Å². The summed E-state index contributed by atoms with van der Waals surface area (Å²) in [6, 6.07) is 8.49. The summed E-state index contributed by atoms with van der Waals surface area (Å²) in [6.45, 7) is 0.398. The Bertz CT molecular complexity index is 619. The third kappa shape index (κ3) is 2.64. The number of amides is 1. The maximum atomic E-state index is 11.9. The van der Waals surface area contributed by atoms with E-state index in [4.69, 9.17) is 5.73 Å². The Morgan fingerprint density at radius 1 is 1.33 bits per heavy atom. The van der Waals surface area contributed by atoms with Gasteiger partial charge in [0.15, 0.2) is 5.43 Å². The van der Waals surface area contributed by atoms with Gasteiger partial charge in [0.25, 0.3) is 5.91 Å². The zero-order valence-corrected chi connectivity index (χ0v) is 9.64. The lowest BCUT2D eigenvalue weighted by molar-refractivity contribution is 0.102. The van der Waals surface area contributed by atoms with Crippen molar-refractivity contribution in [3.05, 3.63) is 64.1 Å². The van der Waals surface area contributed by atoms with E-state index in [9.17, 15) is 9.59 Å². The van der Waals surface area contributed by atoms with Crippen molar-refractivity contribution in [3.8, 4) is 0 Å². The average Bonchev–Trinajstić information content (AvgIpc) is 2.39. The molecule has 0 bridgehead atoms. The van der Waals surface area contributed by atoms with Gasteiger partial charge in [0.1, 0.15) is 5.56 Å². The highest BCUT2D eigenvalue weighted by molar-refractivity contribution is 6.03. The van der Waals surface area contributed by atoms with Crippen LogP contribution in [0.2, 0.25) is 0 Å². The summed E-state index contributed by atoms with van der Waals surface area (Å²) in [5.74, 6) is -0.439. The molecule has 0 spiro atoms. The van der Waals surface area contributed by atoms with Crippen molar-refractivity contribution >= 4 is 11.6 Å². The number of hydrogen-bond donors (Lipinski definition) is 3. The number of aromatic amines is 1. The molecule has 4 N–H and O–H groups in total. The molecule has 0 aliphatic heterocycles. The number of nitrogens with one attached hydrogen (secondary N) is 2. The first kappa shape index (κ1) is 12.1. The van der Waals surface area contributed by atoms with E-state index in [0.29, 0.717) is 12.2 Å². The highest BCUT2D eigenvalue weighted by Gasteiger charge is 2.09. The third-order valence-electron chi connectivity index (χ3n) is 2.49. The molecule has 0 saturated carbocycles. The second-order valence-corrected chi connectivity index (χ2v) is 3.78. The van der Waals surface area contributed by atoms with Crippen LogP contribution in [0, 0.1) is 0 Å². The fourth-order valence-corrected chi connectivity index (χ4v) is 1.57. The molecular formula is C13H13N3O2. The first-order valence-corrected chi connectivity index (χ1v) is 5.48. The smallest absolute Gasteiger partial charge is 0.261 e. The van der Waals surface area contributed by atoms with E-state index in [1.807, 2.05) is 6.07 Å².